The summed E-state index contributed by atoms with van der Waals surface area (Å²) in [6.45, 7) is 2.95. The highest BCUT2D eigenvalue weighted by molar-refractivity contribution is 5.81. The fourth-order valence-corrected chi connectivity index (χ4v) is 3.41. The Hall–Kier alpha value is -1.06. The van der Waals surface area contributed by atoms with Gasteiger partial charge in [0, 0.05) is 13.0 Å². The van der Waals surface area contributed by atoms with Gasteiger partial charge in [0.1, 0.15) is 0 Å². The number of amides is 1. The summed E-state index contributed by atoms with van der Waals surface area (Å²) in [6, 6.07) is 0. The van der Waals surface area contributed by atoms with E-state index in [1.54, 1.807) is 6.92 Å². The Balaban J connectivity index is 1.59. The van der Waals surface area contributed by atoms with Crippen LogP contribution in [0.5, 0.6) is 0 Å². The summed E-state index contributed by atoms with van der Waals surface area (Å²) in [4.78, 5) is 22.7. The Labute approximate surface area is 108 Å². The number of hydrogen-bond acceptors (Lipinski definition) is 3. The predicted octanol–water partition coefficient (Wildman–Crippen LogP) is 1.88. The first-order valence-electron chi connectivity index (χ1n) is 7.11. The highest BCUT2D eigenvalue weighted by Gasteiger charge is 2.39. The molecular formula is C14H23NO3. The van der Waals surface area contributed by atoms with Gasteiger partial charge in [-0.2, -0.15) is 0 Å². The summed E-state index contributed by atoms with van der Waals surface area (Å²) in [7, 11) is 0. The summed E-state index contributed by atoms with van der Waals surface area (Å²) >= 11 is 0. The van der Waals surface area contributed by atoms with Crippen molar-refractivity contribution in [1.29, 1.82) is 0 Å². The molecule has 102 valence electrons. The van der Waals surface area contributed by atoms with Crippen LogP contribution in [0.4, 0.5) is 0 Å². The van der Waals surface area contributed by atoms with Crippen LogP contribution in [-0.4, -0.2) is 25.0 Å². The van der Waals surface area contributed by atoms with Crippen LogP contribution in [0.3, 0.4) is 0 Å². The Bertz CT molecular complexity index is 316. The first-order valence-corrected chi connectivity index (χ1v) is 7.11. The van der Waals surface area contributed by atoms with Crippen LogP contribution < -0.4 is 5.32 Å². The quantitative estimate of drug-likeness (QED) is 0.735. The third-order valence-electron chi connectivity index (χ3n) is 4.31. The molecule has 0 aromatic carbocycles. The largest absolute Gasteiger partial charge is 0.466 e. The van der Waals surface area contributed by atoms with Crippen LogP contribution in [0.15, 0.2) is 0 Å². The van der Waals surface area contributed by atoms with E-state index < -0.39 is 0 Å². The molecule has 3 atom stereocenters. The molecule has 2 bridgehead atoms. The number of carbonyl (C=O) groups excluding carboxylic acids is 2. The van der Waals surface area contributed by atoms with Crippen molar-refractivity contribution in [2.24, 2.45) is 17.8 Å². The summed E-state index contributed by atoms with van der Waals surface area (Å²) in [5.41, 5.74) is 0. The molecule has 4 nitrogen and oxygen atoms in total. The minimum absolute atomic E-state index is 0.0224. The second-order valence-electron chi connectivity index (χ2n) is 5.54. The molecule has 3 unspecified atom stereocenters. The van der Waals surface area contributed by atoms with Gasteiger partial charge in [0.2, 0.25) is 5.91 Å². The van der Waals surface area contributed by atoms with Gasteiger partial charge in [-0.25, -0.2) is 0 Å². The SMILES string of the molecule is CCOC(=O)CCC(=O)NCC1CC2CCC1C2. The monoisotopic (exact) mass is 253 g/mol. The van der Waals surface area contributed by atoms with Crippen LogP contribution in [0, 0.1) is 17.8 Å². The van der Waals surface area contributed by atoms with Crippen molar-refractivity contribution in [2.75, 3.05) is 13.2 Å². The maximum Gasteiger partial charge on any atom is 0.306 e. The second-order valence-corrected chi connectivity index (χ2v) is 5.54. The lowest BCUT2D eigenvalue weighted by atomic mass is 9.89. The van der Waals surface area contributed by atoms with Crippen molar-refractivity contribution >= 4 is 11.9 Å². The molecule has 0 saturated heterocycles. The summed E-state index contributed by atoms with van der Waals surface area (Å²) in [6.07, 6.45) is 5.81. The van der Waals surface area contributed by atoms with E-state index in [9.17, 15) is 9.59 Å². The van der Waals surface area contributed by atoms with E-state index in [0.717, 1.165) is 18.4 Å². The maximum absolute atomic E-state index is 11.6. The Morgan fingerprint density at radius 1 is 1.22 bits per heavy atom. The van der Waals surface area contributed by atoms with E-state index in [-0.39, 0.29) is 24.7 Å². The van der Waals surface area contributed by atoms with E-state index >= 15 is 0 Å². The molecule has 0 spiro atoms. The highest BCUT2D eigenvalue weighted by Crippen LogP contribution is 2.47. The maximum atomic E-state index is 11.6. The molecule has 2 fully saturated rings. The third kappa shape index (κ3) is 3.47. The summed E-state index contributed by atoms with van der Waals surface area (Å²) in [5.74, 6) is 2.12. The van der Waals surface area contributed by atoms with Gasteiger partial charge in [-0.3, -0.25) is 9.59 Å². The van der Waals surface area contributed by atoms with Gasteiger partial charge < -0.3 is 10.1 Å². The Kier molecular flexibility index (Phi) is 4.61. The van der Waals surface area contributed by atoms with Crippen molar-refractivity contribution in [2.45, 2.75) is 45.4 Å². The van der Waals surface area contributed by atoms with E-state index in [1.165, 1.54) is 25.7 Å². The summed E-state index contributed by atoms with van der Waals surface area (Å²) in [5, 5.41) is 2.96. The van der Waals surface area contributed by atoms with Gasteiger partial charge in [-0.05, 0) is 43.9 Å². The highest BCUT2D eigenvalue weighted by atomic mass is 16.5. The zero-order chi connectivity index (χ0) is 13.0. The van der Waals surface area contributed by atoms with E-state index in [4.69, 9.17) is 4.74 Å². The molecule has 2 rings (SSSR count). The van der Waals surface area contributed by atoms with Crippen LogP contribution >= 0.6 is 0 Å². The molecule has 0 aromatic heterocycles. The molecule has 1 N–H and O–H groups in total. The van der Waals surface area contributed by atoms with Crippen LogP contribution in [0.2, 0.25) is 0 Å². The average molecular weight is 253 g/mol. The molecule has 2 aliphatic rings. The zero-order valence-electron chi connectivity index (χ0n) is 11.1. The Morgan fingerprint density at radius 3 is 2.67 bits per heavy atom. The van der Waals surface area contributed by atoms with E-state index in [1.807, 2.05) is 0 Å². The average Bonchev–Trinajstić information content (AvgIpc) is 2.96. The van der Waals surface area contributed by atoms with Gasteiger partial charge in [0.25, 0.3) is 0 Å². The predicted molar refractivity (Wildman–Crippen MR) is 67.8 cm³/mol. The normalized spacial score (nSPS) is 29.3. The first-order chi connectivity index (χ1) is 8.69. The molecule has 0 radical (unpaired) electrons. The number of ether oxygens (including phenoxy) is 1. The minimum atomic E-state index is -0.285. The van der Waals surface area contributed by atoms with Crippen molar-refractivity contribution in [3.05, 3.63) is 0 Å². The molecule has 0 aliphatic heterocycles. The topological polar surface area (TPSA) is 55.4 Å². The fraction of sp³-hybridized carbons (Fsp3) is 0.857. The smallest absolute Gasteiger partial charge is 0.306 e. The lowest BCUT2D eigenvalue weighted by Crippen LogP contribution is -2.31. The van der Waals surface area contributed by atoms with Crippen molar-refractivity contribution in [3.8, 4) is 0 Å². The minimum Gasteiger partial charge on any atom is -0.466 e. The van der Waals surface area contributed by atoms with Gasteiger partial charge in [-0.1, -0.05) is 6.42 Å². The van der Waals surface area contributed by atoms with Gasteiger partial charge in [0.05, 0.1) is 13.0 Å². The molecule has 2 saturated carbocycles. The molecule has 2 aliphatic carbocycles. The number of carbonyl (C=O) groups is 2. The standard InChI is InChI=1S/C14H23NO3/c1-2-18-14(17)6-5-13(16)15-9-12-8-10-3-4-11(12)7-10/h10-12H,2-9H2,1H3,(H,15,16). The molecule has 4 heteroatoms. The van der Waals surface area contributed by atoms with Crippen molar-refractivity contribution in [3.63, 3.8) is 0 Å². The number of nitrogens with one attached hydrogen (secondary N) is 1. The third-order valence-corrected chi connectivity index (χ3v) is 4.31. The van der Waals surface area contributed by atoms with Gasteiger partial charge in [-0.15, -0.1) is 0 Å². The van der Waals surface area contributed by atoms with Crippen molar-refractivity contribution in [1.82, 2.24) is 5.32 Å². The van der Waals surface area contributed by atoms with Gasteiger partial charge >= 0.3 is 5.97 Å². The summed E-state index contributed by atoms with van der Waals surface area (Å²) < 4.78 is 4.79. The number of rotatable bonds is 6. The molecule has 0 heterocycles. The van der Waals surface area contributed by atoms with E-state index in [0.29, 0.717) is 12.5 Å². The van der Waals surface area contributed by atoms with Crippen molar-refractivity contribution < 1.29 is 14.3 Å². The number of hydrogen-bond donors (Lipinski definition) is 1. The van der Waals surface area contributed by atoms with E-state index in [2.05, 4.69) is 5.32 Å². The van der Waals surface area contributed by atoms with Crippen LogP contribution in [0.1, 0.15) is 45.4 Å². The number of fused-ring (bicyclic) bond motifs is 2. The zero-order valence-corrected chi connectivity index (χ0v) is 11.1. The second kappa shape index (κ2) is 6.21. The Morgan fingerprint density at radius 2 is 2.06 bits per heavy atom. The lowest BCUT2D eigenvalue weighted by molar-refractivity contribution is -0.144. The molecule has 1 amide bonds. The van der Waals surface area contributed by atoms with Crippen LogP contribution in [-0.2, 0) is 14.3 Å². The van der Waals surface area contributed by atoms with Gasteiger partial charge in [0.15, 0.2) is 0 Å². The first kappa shape index (κ1) is 13.4. The molecular weight excluding hydrogens is 230 g/mol. The molecule has 18 heavy (non-hydrogen) atoms. The molecule has 0 aromatic rings. The number of esters is 1. The lowest BCUT2D eigenvalue weighted by Gasteiger charge is -2.21. The van der Waals surface area contributed by atoms with Crippen LogP contribution in [0.25, 0.3) is 0 Å². The fourth-order valence-electron chi connectivity index (χ4n) is 3.41.